The first-order valence-corrected chi connectivity index (χ1v) is 16.3. The van der Waals surface area contributed by atoms with Gasteiger partial charge in [0.2, 0.25) is 5.13 Å². The number of carbonyl (C=O) groups excluding carboxylic acids is 3. The van der Waals surface area contributed by atoms with Gasteiger partial charge in [0, 0.05) is 17.7 Å². The number of thioether (sulfide) groups is 1. The van der Waals surface area contributed by atoms with Crippen LogP contribution in [0.4, 0.5) is 5.13 Å². The summed E-state index contributed by atoms with van der Waals surface area (Å²) in [6, 6.07) is 24.9. The minimum Gasteiger partial charge on any atom is -0.507 e. The lowest BCUT2D eigenvalue weighted by Gasteiger charge is -2.22. The van der Waals surface area contributed by atoms with Gasteiger partial charge in [-0.15, -0.1) is 10.2 Å². The van der Waals surface area contributed by atoms with Gasteiger partial charge in [0.1, 0.15) is 17.6 Å². The van der Waals surface area contributed by atoms with Gasteiger partial charge in [-0.2, -0.15) is 0 Å². The Morgan fingerprint density at radius 1 is 1.02 bits per heavy atom. The molecule has 1 saturated heterocycles. The number of hydrogen-bond acceptors (Lipinski definition) is 10. The molecule has 230 valence electrons. The van der Waals surface area contributed by atoms with Crippen LogP contribution in [-0.2, 0) is 26.5 Å². The summed E-state index contributed by atoms with van der Waals surface area (Å²) in [5.74, 6) is -1.14. The molecule has 0 radical (unpaired) electrons. The Hall–Kier alpha value is -5.00. The highest BCUT2D eigenvalue weighted by Crippen LogP contribution is 2.45. The first-order chi connectivity index (χ1) is 22.3. The van der Waals surface area contributed by atoms with Gasteiger partial charge in [0.15, 0.2) is 4.34 Å². The third-order valence-electron chi connectivity index (χ3n) is 8.09. The summed E-state index contributed by atoms with van der Waals surface area (Å²) in [6.45, 7) is 1.96. The average molecular weight is 650 g/mol. The predicted octanol–water partition coefficient (Wildman–Crippen LogP) is 6.72. The quantitative estimate of drug-likeness (QED) is 0.0512. The van der Waals surface area contributed by atoms with Crippen molar-refractivity contribution in [3.63, 3.8) is 0 Å². The number of rotatable bonds is 7. The van der Waals surface area contributed by atoms with E-state index in [1.807, 2.05) is 25.1 Å². The molecule has 2 unspecified atom stereocenters. The number of esters is 1. The topological polar surface area (TPSA) is 119 Å². The van der Waals surface area contributed by atoms with Crippen LogP contribution >= 0.6 is 23.1 Å². The molecule has 11 heteroatoms. The van der Waals surface area contributed by atoms with Gasteiger partial charge in [-0.05, 0) is 64.7 Å². The summed E-state index contributed by atoms with van der Waals surface area (Å²) in [5.41, 5.74) is 3.17. The second kappa shape index (κ2) is 12.1. The highest BCUT2D eigenvalue weighted by atomic mass is 32.2. The van der Waals surface area contributed by atoms with Gasteiger partial charge in [0.25, 0.3) is 5.78 Å². The molecule has 1 N–H and O–H groups in total. The normalized spacial score (nSPS) is 18.5. The molecule has 9 nitrogen and oxygen atoms in total. The van der Waals surface area contributed by atoms with Crippen molar-refractivity contribution >= 4 is 62.4 Å². The fraction of sp³-hybridized carbons (Fsp3) is 0.171. The zero-order valence-electron chi connectivity index (χ0n) is 24.8. The van der Waals surface area contributed by atoms with E-state index in [2.05, 4.69) is 34.5 Å². The van der Waals surface area contributed by atoms with Crippen molar-refractivity contribution in [2.45, 2.75) is 35.6 Å². The Balaban J connectivity index is 1.26. The van der Waals surface area contributed by atoms with Crippen molar-refractivity contribution in [2.24, 2.45) is 0 Å². The van der Waals surface area contributed by atoms with E-state index in [9.17, 15) is 19.5 Å². The lowest BCUT2D eigenvalue weighted by molar-refractivity contribution is -0.132. The summed E-state index contributed by atoms with van der Waals surface area (Å²) < 4.78 is 11.3. The number of benzene rings is 4. The second-order valence-electron chi connectivity index (χ2n) is 11.0. The number of aliphatic hydroxyl groups excluding tert-OH is 1. The Morgan fingerprint density at radius 2 is 1.78 bits per heavy atom. The molecule has 0 bridgehead atoms. The number of hydrogen-bond donors (Lipinski definition) is 1. The number of methoxy groups -OCH3 is 1. The fourth-order valence-electron chi connectivity index (χ4n) is 5.91. The third kappa shape index (κ3) is 5.31. The number of nitrogens with zero attached hydrogens (tertiary/aromatic N) is 3. The van der Waals surface area contributed by atoms with Crippen molar-refractivity contribution in [3.05, 3.63) is 118 Å². The van der Waals surface area contributed by atoms with Crippen LogP contribution in [0.15, 0.2) is 94.8 Å². The van der Waals surface area contributed by atoms with Crippen LogP contribution in [0.1, 0.15) is 45.6 Å². The summed E-state index contributed by atoms with van der Waals surface area (Å²) in [7, 11) is 1.29. The van der Waals surface area contributed by atoms with Crippen LogP contribution in [0.25, 0.3) is 16.5 Å². The van der Waals surface area contributed by atoms with Crippen LogP contribution in [0.3, 0.4) is 0 Å². The van der Waals surface area contributed by atoms with E-state index in [1.54, 1.807) is 42.5 Å². The SMILES string of the molecule is COC(=O)c1ccc(C2/C(=C(\O)c3ccc4c(c3)CC(C)O4)C(=O)C(=O)N2c2nnc(SCc3cccc4ccccc34)s2)cc1. The smallest absolute Gasteiger partial charge is 0.337 e. The van der Waals surface area contributed by atoms with E-state index in [4.69, 9.17) is 9.47 Å². The van der Waals surface area contributed by atoms with Crippen LogP contribution in [0.5, 0.6) is 5.75 Å². The maximum Gasteiger partial charge on any atom is 0.337 e. The van der Waals surface area contributed by atoms with Gasteiger partial charge < -0.3 is 14.6 Å². The van der Waals surface area contributed by atoms with E-state index in [-0.39, 0.29) is 22.6 Å². The first kappa shape index (κ1) is 29.7. The zero-order valence-corrected chi connectivity index (χ0v) is 26.4. The summed E-state index contributed by atoms with van der Waals surface area (Å²) >= 11 is 2.68. The number of ether oxygens (including phenoxy) is 2. The molecule has 2 aliphatic heterocycles. The molecule has 46 heavy (non-hydrogen) atoms. The Kier molecular flexibility index (Phi) is 7.79. The minimum absolute atomic E-state index is 0.00335. The molecular weight excluding hydrogens is 623 g/mol. The number of carbonyl (C=O) groups is 3. The predicted molar refractivity (Wildman–Crippen MR) is 176 cm³/mol. The van der Waals surface area contributed by atoms with Crippen molar-refractivity contribution in [3.8, 4) is 5.75 Å². The number of aromatic nitrogens is 2. The first-order valence-electron chi connectivity index (χ1n) is 14.5. The molecule has 2 aliphatic rings. The Bertz CT molecular complexity index is 2050. The molecule has 1 fully saturated rings. The minimum atomic E-state index is -1.01. The molecule has 3 heterocycles. The summed E-state index contributed by atoms with van der Waals surface area (Å²) in [5, 5.41) is 22.8. The van der Waals surface area contributed by atoms with E-state index in [0.29, 0.717) is 33.2 Å². The lowest BCUT2D eigenvalue weighted by Crippen LogP contribution is -2.29. The zero-order chi connectivity index (χ0) is 31.9. The highest BCUT2D eigenvalue weighted by Gasteiger charge is 2.48. The van der Waals surface area contributed by atoms with E-state index in [1.165, 1.54) is 35.1 Å². The number of aliphatic hydroxyl groups is 1. The van der Waals surface area contributed by atoms with Gasteiger partial charge in [-0.3, -0.25) is 14.5 Å². The third-order valence-corrected chi connectivity index (χ3v) is 10.2. The molecule has 0 aliphatic carbocycles. The van der Waals surface area contributed by atoms with Gasteiger partial charge in [0.05, 0.1) is 24.3 Å². The number of fused-ring (bicyclic) bond motifs is 2. The number of amides is 1. The molecule has 0 saturated carbocycles. The van der Waals surface area contributed by atoms with Crippen LogP contribution in [-0.4, -0.2) is 46.2 Å². The fourth-order valence-corrected chi connectivity index (χ4v) is 7.78. The van der Waals surface area contributed by atoms with Gasteiger partial charge in [-0.25, -0.2) is 4.79 Å². The summed E-state index contributed by atoms with van der Waals surface area (Å²) in [4.78, 5) is 40.8. The van der Waals surface area contributed by atoms with Crippen molar-refractivity contribution in [1.82, 2.24) is 10.2 Å². The number of Topliss-reactive ketones (excluding diaryl/α,β-unsaturated/α-hetero) is 1. The second-order valence-corrected chi connectivity index (χ2v) is 13.2. The van der Waals surface area contributed by atoms with Crippen LogP contribution in [0, 0.1) is 0 Å². The van der Waals surface area contributed by atoms with E-state index in [0.717, 1.165) is 27.6 Å². The van der Waals surface area contributed by atoms with Crippen molar-refractivity contribution in [1.29, 1.82) is 0 Å². The molecule has 4 aromatic carbocycles. The molecule has 0 spiro atoms. The Morgan fingerprint density at radius 3 is 2.59 bits per heavy atom. The standard InChI is InChI=1S/C35H27N3O6S2/c1-19-16-25-17-23(14-15-27(25)44-19)30(39)28-29(21-10-12-22(13-11-21)33(42)43-2)38(32(41)31(28)40)34-36-37-35(46-34)45-18-24-8-5-7-20-6-3-4-9-26(20)24/h3-15,17,19,29,39H,16,18H2,1-2H3/b30-28+. The Labute approximate surface area is 272 Å². The van der Waals surface area contributed by atoms with Crippen molar-refractivity contribution in [2.75, 3.05) is 12.0 Å². The summed E-state index contributed by atoms with van der Waals surface area (Å²) in [6.07, 6.45) is 0.657. The highest BCUT2D eigenvalue weighted by molar-refractivity contribution is 8.00. The number of ketones is 1. The number of anilines is 1. The molecule has 5 aromatic rings. The molecule has 2 atom stereocenters. The van der Waals surface area contributed by atoms with Crippen LogP contribution in [0.2, 0.25) is 0 Å². The van der Waals surface area contributed by atoms with Crippen molar-refractivity contribution < 1.29 is 29.0 Å². The largest absolute Gasteiger partial charge is 0.507 e. The average Bonchev–Trinajstić information content (AvgIpc) is 3.77. The van der Waals surface area contributed by atoms with Gasteiger partial charge in [-0.1, -0.05) is 77.7 Å². The van der Waals surface area contributed by atoms with Crippen LogP contribution < -0.4 is 9.64 Å². The maximum absolute atomic E-state index is 13.7. The molecule has 1 aromatic heterocycles. The van der Waals surface area contributed by atoms with E-state index < -0.39 is 23.7 Å². The maximum atomic E-state index is 13.7. The lowest BCUT2D eigenvalue weighted by atomic mass is 9.94. The van der Waals surface area contributed by atoms with E-state index >= 15 is 0 Å². The monoisotopic (exact) mass is 649 g/mol. The molecule has 7 rings (SSSR count). The molecule has 1 amide bonds. The van der Waals surface area contributed by atoms with Gasteiger partial charge >= 0.3 is 11.9 Å². The molecular formula is C35H27N3O6S2.